The Labute approximate surface area is 128 Å². The van der Waals surface area contributed by atoms with Crippen molar-refractivity contribution in [2.45, 2.75) is 13.0 Å². The first-order valence-electron chi connectivity index (χ1n) is 6.95. The van der Waals surface area contributed by atoms with Gasteiger partial charge < -0.3 is 10.6 Å². The molecule has 2 aromatic rings. The van der Waals surface area contributed by atoms with Crippen LogP contribution in [0.2, 0.25) is 0 Å². The Morgan fingerprint density at radius 1 is 1.05 bits per heavy atom. The highest BCUT2D eigenvalue weighted by Crippen LogP contribution is 2.10. The highest BCUT2D eigenvalue weighted by molar-refractivity contribution is 5.96. The number of nitrogens with one attached hydrogen (secondary N) is 2. The molecule has 0 aliphatic rings. The van der Waals surface area contributed by atoms with E-state index in [2.05, 4.69) is 10.6 Å². The van der Waals surface area contributed by atoms with Crippen molar-refractivity contribution in [1.29, 1.82) is 0 Å². The fourth-order valence-corrected chi connectivity index (χ4v) is 2.02. The van der Waals surface area contributed by atoms with Crippen LogP contribution < -0.4 is 10.6 Å². The second-order valence-electron chi connectivity index (χ2n) is 4.86. The lowest BCUT2D eigenvalue weighted by molar-refractivity contribution is -0.120. The molecule has 22 heavy (non-hydrogen) atoms. The molecule has 4 nitrogen and oxygen atoms in total. The molecule has 0 heterocycles. The predicted octanol–water partition coefficient (Wildman–Crippen LogP) is 2.43. The molecule has 2 rings (SSSR count). The number of rotatable bonds is 5. The van der Waals surface area contributed by atoms with E-state index in [1.54, 1.807) is 6.07 Å². The van der Waals surface area contributed by atoms with Gasteiger partial charge in [0.15, 0.2) is 0 Å². The lowest BCUT2D eigenvalue weighted by atomic mass is 10.1. The highest BCUT2D eigenvalue weighted by Gasteiger charge is 2.13. The molecule has 114 valence electrons. The Bertz CT molecular complexity index is 659. The third-order valence-electron chi connectivity index (χ3n) is 3.21. The summed E-state index contributed by atoms with van der Waals surface area (Å²) in [5.74, 6) is -1.56. The highest BCUT2D eigenvalue weighted by atomic mass is 19.1. The summed E-state index contributed by atoms with van der Waals surface area (Å²) in [5.41, 5.74) is 0.891. The van der Waals surface area contributed by atoms with Crippen LogP contribution in [-0.4, -0.2) is 18.4 Å². The molecule has 0 bridgehead atoms. The summed E-state index contributed by atoms with van der Waals surface area (Å²) in [7, 11) is 0. The van der Waals surface area contributed by atoms with Gasteiger partial charge in [0.25, 0.3) is 5.91 Å². The quantitative estimate of drug-likeness (QED) is 0.891. The molecule has 0 fully saturated rings. The van der Waals surface area contributed by atoms with Crippen molar-refractivity contribution < 1.29 is 14.0 Å². The maximum atomic E-state index is 13.4. The van der Waals surface area contributed by atoms with Gasteiger partial charge in [-0.1, -0.05) is 42.5 Å². The van der Waals surface area contributed by atoms with Gasteiger partial charge in [0.2, 0.25) is 5.91 Å². The number of carbonyl (C=O) groups excluding carboxylic acids is 2. The van der Waals surface area contributed by atoms with Crippen LogP contribution in [0.25, 0.3) is 0 Å². The van der Waals surface area contributed by atoms with E-state index in [0.717, 1.165) is 5.56 Å². The molecule has 1 unspecified atom stereocenters. The van der Waals surface area contributed by atoms with Crippen LogP contribution in [-0.2, 0) is 4.79 Å². The summed E-state index contributed by atoms with van der Waals surface area (Å²) in [6, 6.07) is 14.9. The van der Waals surface area contributed by atoms with Gasteiger partial charge >= 0.3 is 0 Å². The summed E-state index contributed by atoms with van der Waals surface area (Å²) in [6.07, 6.45) is 0. The molecule has 0 aliphatic heterocycles. The molecular weight excluding hydrogens is 283 g/mol. The van der Waals surface area contributed by atoms with E-state index >= 15 is 0 Å². The molecule has 0 saturated carbocycles. The largest absolute Gasteiger partial charge is 0.348 e. The monoisotopic (exact) mass is 300 g/mol. The third kappa shape index (κ3) is 4.15. The van der Waals surface area contributed by atoms with Crippen molar-refractivity contribution in [3.8, 4) is 0 Å². The Morgan fingerprint density at radius 3 is 2.36 bits per heavy atom. The number of carbonyl (C=O) groups is 2. The number of amides is 2. The van der Waals surface area contributed by atoms with E-state index in [0.29, 0.717) is 0 Å². The van der Waals surface area contributed by atoms with Crippen LogP contribution in [0.4, 0.5) is 4.39 Å². The first kappa shape index (κ1) is 15.7. The van der Waals surface area contributed by atoms with E-state index in [4.69, 9.17) is 0 Å². The van der Waals surface area contributed by atoms with Crippen LogP contribution in [0.5, 0.6) is 0 Å². The van der Waals surface area contributed by atoms with Gasteiger partial charge in [-0.25, -0.2) is 4.39 Å². The molecule has 2 aromatic carbocycles. The summed E-state index contributed by atoms with van der Waals surface area (Å²) < 4.78 is 13.4. The second-order valence-corrected chi connectivity index (χ2v) is 4.86. The van der Waals surface area contributed by atoms with Gasteiger partial charge in [0, 0.05) is 0 Å². The lowest BCUT2D eigenvalue weighted by Gasteiger charge is -2.14. The number of halogens is 1. The minimum absolute atomic E-state index is 0.0774. The van der Waals surface area contributed by atoms with E-state index < -0.39 is 11.7 Å². The molecule has 2 amide bonds. The average molecular weight is 300 g/mol. The molecule has 0 radical (unpaired) electrons. The second kappa shape index (κ2) is 7.36. The SMILES string of the molecule is CC(NC(=O)CNC(=O)c1ccccc1F)c1ccccc1. The van der Waals surface area contributed by atoms with Crippen molar-refractivity contribution in [1.82, 2.24) is 10.6 Å². The van der Waals surface area contributed by atoms with Crippen molar-refractivity contribution in [2.75, 3.05) is 6.54 Å². The normalized spacial score (nSPS) is 11.5. The molecule has 0 aliphatic carbocycles. The van der Waals surface area contributed by atoms with Crippen LogP contribution in [0.15, 0.2) is 54.6 Å². The molecule has 0 saturated heterocycles. The predicted molar refractivity (Wildman–Crippen MR) is 81.7 cm³/mol. The minimum atomic E-state index is -0.613. The van der Waals surface area contributed by atoms with Gasteiger partial charge in [-0.15, -0.1) is 0 Å². The van der Waals surface area contributed by atoms with Gasteiger partial charge in [0.1, 0.15) is 5.82 Å². The number of hydrogen-bond acceptors (Lipinski definition) is 2. The van der Waals surface area contributed by atoms with E-state index in [-0.39, 0.29) is 24.1 Å². The van der Waals surface area contributed by atoms with Crippen molar-refractivity contribution in [3.63, 3.8) is 0 Å². The van der Waals surface area contributed by atoms with Gasteiger partial charge in [-0.05, 0) is 24.6 Å². The Hall–Kier alpha value is -2.69. The Balaban J connectivity index is 1.85. The lowest BCUT2D eigenvalue weighted by Crippen LogP contribution is -2.38. The Morgan fingerprint density at radius 2 is 1.68 bits per heavy atom. The smallest absolute Gasteiger partial charge is 0.254 e. The molecule has 5 heteroatoms. The molecular formula is C17H17FN2O2. The van der Waals surface area contributed by atoms with Crippen LogP contribution in [0.3, 0.4) is 0 Å². The van der Waals surface area contributed by atoms with Gasteiger partial charge in [-0.3, -0.25) is 9.59 Å². The van der Waals surface area contributed by atoms with Crippen LogP contribution in [0.1, 0.15) is 28.9 Å². The zero-order chi connectivity index (χ0) is 15.9. The van der Waals surface area contributed by atoms with Gasteiger partial charge in [-0.2, -0.15) is 0 Å². The average Bonchev–Trinajstić information content (AvgIpc) is 2.54. The summed E-state index contributed by atoms with van der Waals surface area (Å²) >= 11 is 0. The first-order chi connectivity index (χ1) is 10.6. The van der Waals surface area contributed by atoms with Crippen LogP contribution >= 0.6 is 0 Å². The number of benzene rings is 2. The summed E-state index contributed by atoms with van der Waals surface area (Å²) in [6.45, 7) is 1.65. The fraction of sp³-hybridized carbons (Fsp3) is 0.176. The zero-order valence-electron chi connectivity index (χ0n) is 12.2. The zero-order valence-corrected chi connectivity index (χ0v) is 12.2. The molecule has 0 spiro atoms. The molecule has 1 atom stereocenters. The maximum absolute atomic E-state index is 13.4. The number of hydrogen-bond donors (Lipinski definition) is 2. The standard InChI is InChI=1S/C17H17FN2O2/c1-12(13-7-3-2-4-8-13)20-16(21)11-19-17(22)14-9-5-6-10-15(14)18/h2-10,12H,11H2,1H3,(H,19,22)(H,20,21). The maximum Gasteiger partial charge on any atom is 0.254 e. The Kier molecular flexibility index (Phi) is 5.25. The van der Waals surface area contributed by atoms with Crippen molar-refractivity contribution in [2.24, 2.45) is 0 Å². The topological polar surface area (TPSA) is 58.2 Å². The third-order valence-corrected chi connectivity index (χ3v) is 3.21. The van der Waals surface area contributed by atoms with Crippen molar-refractivity contribution in [3.05, 3.63) is 71.5 Å². The first-order valence-corrected chi connectivity index (χ1v) is 6.95. The van der Waals surface area contributed by atoms with E-state index in [1.807, 2.05) is 37.3 Å². The fourth-order valence-electron chi connectivity index (χ4n) is 2.02. The van der Waals surface area contributed by atoms with E-state index in [1.165, 1.54) is 18.2 Å². The molecule has 0 aromatic heterocycles. The van der Waals surface area contributed by atoms with Crippen molar-refractivity contribution >= 4 is 11.8 Å². The van der Waals surface area contributed by atoms with Gasteiger partial charge in [0.05, 0.1) is 18.2 Å². The summed E-state index contributed by atoms with van der Waals surface area (Å²) in [4.78, 5) is 23.6. The summed E-state index contributed by atoms with van der Waals surface area (Å²) in [5, 5.41) is 5.18. The minimum Gasteiger partial charge on any atom is -0.348 e. The van der Waals surface area contributed by atoms with E-state index in [9.17, 15) is 14.0 Å². The van der Waals surface area contributed by atoms with Crippen LogP contribution in [0, 0.1) is 5.82 Å². The molecule has 2 N–H and O–H groups in total.